The number of para-hydroxylation sites is 1. The Balaban J connectivity index is 1.67. The van der Waals surface area contributed by atoms with Crippen molar-refractivity contribution < 1.29 is 9.53 Å². The number of primary amides is 1. The van der Waals surface area contributed by atoms with E-state index in [1.165, 1.54) is 6.42 Å². The molecular weight excluding hydrogens is 354 g/mol. The van der Waals surface area contributed by atoms with Gasteiger partial charge < -0.3 is 10.5 Å². The quantitative estimate of drug-likeness (QED) is 0.796. The molecule has 0 saturated carbocycles. The molecule has 1 atom stereocenters. The molecule has 0 spiro atoms. The van der Waals surface area contributed by atoms with Gasteiger partial charge >= 0.3 is 6.03 Å². The number of benzene rings is 1. The molecule has 3 rings (SSSR count). The second kappa shape index (κ2) is 8.22. The first kappa shape index (κ1) is 20.2. The summed E-state index contributed by atoms with van der Waals surface area (Å²) >= 11 is 0. The highest BCUT2D eigenvalue weighted by molar-refractivity contribution is 5.88. The van der Waals surface area contributed by atoms with Crippen molar-refractivity contribution in [2.45, 2.75) is 46.1 Å². The third-order valence-electron chi connectivity index (χ3n) is 5.32. The minimum atomic E-state index is -0.625. The molecule has 28 heavy (non-hydrogen) atoms. The van der Waals surface area contributed by atoms with Gasteiger partial charge in [0, 0.05) is 12.1 Å². The van der Waals surface area contributed by atoms with Gasteiger partial charge in [-0.3, -0.25) is 10.2 Å². The van der Waals surface area contributed by atoms with Crippen LogP contribution in [-0.2, 0) is 0 Å². The molecule has 1 aliphatic heterocycles. The average molecular weight is 386 g/mol. The fourth-order valence-corrected chi connectivity index (χ4v) is 3.63. The van der Waals surface area contributed by atoms with Crippen LogP contribution >= 0.6 is 0 Å². The lowest BCUT2D eigenvalue weighted by molar-refractivity contribution is 0.164. The van der Waals surface area contributed by atoms with Crippen LogP contribution in [0.5, 0.6) is 5.88 Å². The van der Waals surface area contributed by atoms with Crippen molar-refractivity contribution in [2.75, 3.05) is 25.0 Å². The third-order valence-corrected chi connectivity index (χ3v) is 5.32. The molecule has 1 unspecified atom stereocenters. The molecule has 1 saturated heterocycles. The molecule has 7 heteroatoms. The van der Waals surface area contributed by atoms with E-state index >= 15 is 0 Å². The standard InChI is InChI=1S/C21H31N5O2/c1-15-18(23-20(22)27)26(17-8-6-5-7-9-17)24-19(15)28-13-11-16-10-12-25(14-16)21(2,3)4/h5-9,16H,10-14H2,1-4H3,(H3,22,23,27). The van der Waals surface area contributed by atoms with Crippen LogP contribution in [0.25, 0.3) is 5.69 Å². The summed E-state index contributed by atoms with van der Waals surface area (Å²) in [5, 5.41) is 7.23. The number of aromatic nitrogens is 2. The first-order valence-corrected chi connectivity index (χ1v) is 9.85. The molecule has 3 N–H and O–H groups in total. The van der Waals surface area contributed by atoms with Gasteiger partial charge in [-0.1, -0.05) is 18.2 Å². The van der Waals surface area contributed by atoms with Crippen LogP contribution in [-0.4, -0.2) is 45.9 Å². The maximum atomic E-state index is 11.4. The van der Waals surface area contributed by atoms with Crippen LogP contribution in [0.3, 0.4) is 0 Å². The number of likely N-dealkylation sites (tertiary alicyclic amines) is 1. The van der Waals surface area contributed by atoms with Gasteiger partial charge in [-0.05, 0) is 65.1 Å². The van der Waals surface area contributed by atoms with Crippen LogP contribution in [0.2, 0.25) is 0 Å². The van der Waals surface area contributed by atoms with E-state index in [4.69, 9.17) is 10.5 Å². The Hall–Kier alpha value is -2.54. The number of nitrogens with two attached hydrogens (primary N) is 1. The second-order valence-electron chi connectivity index (χ2n) is 8.42. The number of hydrogen-bond acceptors (Lipinski definition) is 4. The van der Waals surface area contributed by atoms with Gasteiger partial charge in [-0.2, -0.15) is 0 Å². The summed E-state index contributed by atoms with van der Waals surface area (Å²) < 4.78 is 7.66. The first-order chi connectivity index (χ1) is 13.3. The zero-order valence-electron chi connectivity index (χ0n) is 17.2. The summed E-state index contributed by atoms with van der Waals surface area (Å²) in [5.41, 5.74) is 7.17. The molecule has 1 aromatic carbocycles. The number of nitrogens with zero attached hydrogens (tertiary/aromatic N) is 3. The van der Waals surface area contributed by atoms with Crippen molar-refractivity contribution in [1.29, 1.82) is 0 Å². The summed E-state index contributed by atoms with van der Waals surface area (Å²) in [7, 11) is 0. The van der Waals surface area contributed by atoms with Gasteiger partial charge in [0.2, 0.25) is 5.88 Å². The summed E-state index contributed by atoms with van der Waals surface area (Å²) in [5.74, 6) is 1.70. The highest BCUT2D eigenvalue weighted by Gasteiger charge is 2.30. The SMILES string of the molecule is Cc1c(OCCC2CCN(C(C)(C)C)C2)nn(-c2ccccc2)c1NC(N)=O. The normalized spacial score (nSPS) is 17.6. The van der Waals surface area contributed by atoms with E-state index in [1.807, 2.05) is 37.3 Å². The molecular formula is C21H31N5O2. The summed E-state index contributed by atoms with van der Waals surface area (Å²) in [4.78, 5) is 14.0. The average Bonchev–Trinajstić information content (AvgIpc) is 3.22. The van der Waals surface area contributed by atoms with E-state index in [9.17, 15) is 4.79 Å². The van der Waals surface area contributed by atoms with Gasteiger partial charge in [-0.25, -0.2) is 9.48 Å². The number of nitrogens with one attached hydrogen (secondary N) is 1. The van der Waals surface area contributed by atoms with Gasteiger partial charge in [0.1, 0.15) is 5.82 Å². The minimum absolute atomic E-state index is 0.218. The van der Waals surface area contributed by atoms with E-state index in [0.717, 1.165) is 30.8 Å². The van der Waals surface area contributed by atoms with E-state index in [2.05, 4.69) is 36.1 Å². The molecule has 1 aliphatic rings. The predicted molar refractivity (Wildman–Crippen MR) is 111 cm³/mol. The Bertz CT molecular complexity index is 810. The topological polar surface area (TPSA) is 85.4 Å². The monoisotopic (exact) mass is 385 g/mol. The van der Waals surface area contributed by atoms with Gasteiger partial charge in [0.05, 0.1) is 17.9 Å². The maximum Gasteiger partial charge on any atom is 0.317 e. The van der Waals surface area contributed by atoms with E-state index in [1.54, 1.807) is 4.68 Å². The van der Waals surface area contributed by atoms with Crippen molar-refractivity contribution in [1.82, 2.24) is 14.7 Å². The van der Waals surface area contributed by atoms with Crippen LogP contribution < -0.4 is 15.8 Å². The molecule has 1 fully saturated rings. The van der Waals surface area contributed by atoms with E-state index in [-0.39, 0.29) is 5.54 Å². The zero-order chi connectivity index (χ0) is 20.3. The van der Waals surface area contributed by atoms with E-state index < -0.39 is 6.03 Å². The first-order valence-electron chi connectivity index (χ1n) is 9.85. The second-order valence-corrected chi connectivity index (χ2v) is 8.42. The van der Waals surface area contributed by atoms with Gasteiger partial charge in [0.25, 0.3) is 0 Å². The molecule has 2 aromatic rings. The zero-order valence-corrected chi connectivity index (χ0v) is 17.2. The Morgan fingerprint density at radius 3 is 2.64 bits per heavy atom. The Kier molecular flexibility index (Phi) is 5.93. The molecule has 0 radical (unpaired) electrons. The van der Waals surface area contributed by atoms with Crippen LogP contribution in [0.15, 0.2) is 30.3 Å². The van der Waals surface area contributed by atoms with Crippen LogP contribution in [0.1, 0.15) is 39.2 Å². The maximum absolute atomic E-state index is 11.4. The number of urea groups is 1. The third kappa shape index (κ3) is 4.65. The molecule has 0 aliphatic carbocycles. The van der Waals surface area contributed by atoms with Crippen LogP contribution in [0, 0.1) is 12.8 Å². The molecule has 152 valence electrons. The fraction of sp³-hybridized carbons (Fsp3) is 0.524. The lowest BCUT2D eigenvalue weighted by atomic mass is 10.0. The molecule has 2 heterocycles. The highest BCUT2D eigenvalue weighted by atomic mass is 16.5. The number of rotatable bonds is 6. The van der Waals surface area contributed by atoms with Crippen molar-refractivity contribution in [3.8, 4) is 11.6 Å². The Morgan fingerprint density at radius 1 is 1.32 bits per heavy atom. The number of carbonyl (C=O) groups excluding carboxylic acids is 1. The van der Waals surface area contributed by atoms with Crippen molar-refractivity contribution in [3.05, 3.63) is 35.9 Å². The van der Waals surface area contributed by atoms with Gasteiger partial charge in [0.15, 0.2) is 0 Å². The summed E-state index contributed by atoms with van der Waals surface area (Å²) in [6.45, 7) is 11.5. The van der Waals surface area contributed by atoms with Crippen molar-refractivity contribution >= 4 is 11.8 Å². The lowest BCUT2D eigenvalue weighted by Gasteiger charge is -2.31. The largest absolute Gasteiger partial charge is 0.476 e. The van der Waals surface area contributed by atoms with Crippen LogP contribution in [0.4, 0.5) is 10.6 Å². The summed E-state index contributed by atoms with van der Waals surface area (Å²) in [6, 6.07) is 8.98. The number of hydrogen-bond donors (Lipinski definition) is 2. The van der Waals surface area contributed by atoms with Gasteiger partial charge in [-0.15, -0.1) is 5.10 Å². The van der Waals surface area contributed by atoms with Crippen molar-refractivity contribution in [2.24, 2.45) is 11.7 Å². The fourth-order valence-electron chi connectivity index (χ4n) is 3.63. The predicted octanol–water partition coefficient (Wildman–Crippen LogP) is 3.56. The number of amides is 2. The number of anilines is 1. The smallest absolute Gasteiger partial charge is 0.317 e. The molecule has 1 aromatic heterocycles. The summed E-state index contributed by atoms with van der Waals surface area (Å²) in [6.07, 6.45) is 2.19. The number of ether oxygens (including phenoxy) is 1. The number of carbonyl (C=O) groups is 1. The molecule has 2 amide bonds. The molecule has 0 bridgehead atoms. The lowest BCUT2D eigenvalue weighted by Crippen LogP contribution is -2.39. The van der Waals surface area contributed by atoms with Crippen molar-refractivity contribution in [3.63, 3.8) is 0 Å². The Labute approximate surface area is 166 Å². The highest BCUT2D eigenvalue weighted by Crippen LogP contribution is 2.30. The Morgan fingerprint density at radius 2 is 2.04 bits per heavy atom. The minimum Gasteiger partial charge on any atom is -0.476 e. The van der Waals surface area contributed by atoms with E-state index in [0.29, 0.717) is 24.2 Å². The molecule has 7 nitrogen and oxygen atoms in total.